The number of hydrogen-bond donors (Lipinski definition) is 0. The summed E-state index contributed by atoms with van der Waals surface area (Å²) < 4.78 is 5.74. The molecule has 0 atom stereocenters. The van der Waals surface area contributed by atoms with Crippen molar-refractivity contribution < 1.29 is 9.21 Å². The van der Waals surface area contributed by atoms with E-state index < -0.39 is 0 Å². The fourth-order valence-corrected chi connectivity index (χ4v) is 2.88. The van der Waals surface area contributed by atoms with Gasteiger partial charge in [-0.15, -0.1) is 0 Å². The highest BCUT2D eigenvalue weighted by Gasteiger charge is 2.20. The number of carbonyl (C=O) groups excluding carboxylic acids is 1. The number of nitriles is 1. The molecule has 0 spiro atoms. The Hall–Kier alpha value is -2.51. The summed E-state index contributed by atoms with van der Waals surface area (Å²) in [4.78, 5) is 14.2. The first-order valence-electron chi connectivity index (χ1n) is 7.94. The highest BCUT2D eigenvalue weighted by molar-refractivity contribution is 6.30. The highest BCUT2D eigenvalue weighted by Crippen LogP contribution is 2.25. The van der Waals surface area contributed by atoms with Gasteiger partial charge in [-0.1, -0.05) is 11.6 Å². The number of carbonyl (C=O) groups is 1. The number of likely N-dealkylation sites (tertiary alicyclic amines) is 1. The van der Waals surface area contributed by atoms with Gasteiger partial charge >= 0.3 is 0 Å². The average molecular weight is 341 g/mol. The summed E-state index contributed by atoms with van der Waals surface area (Å²) >= 11 is 5.88. The molecule has 0 bridgehead atoms. The van der Waals surface area contributed by atoms with Gasteiger partial charge in [-0.25, -0.2) is 0 Å². The van der Waals surface area contributed by atoms with E-state index in [1.165, 1.54) is 6.08 Å². The van der Waals surface area contributed by atoms with Crippen LogP contribution in [0.15, 0.2) is 46.4 Å². The smallest absolute Gasteiger partial charge is 0.264 e. The molecule has 1 aromatic heterocycles. The van der Waals surface area contributed by atoms with Crippen LogP contribution in [0.4, 0.5) is 0 Å². The summed E-state index contributed by atoms with van der Waals surface area (Å²) in [5.74, 6) is 0.934. The van der Waals surface area contributed by atoms with Gasteiger partial charge in [-0.2, -0.15) is 5.26 Å². The van der Waals surface area contributed by atoms with Gasteiger partial charge in [0.25, 0.3) is 5.91 Å². The summed E-state index contributed by atoms with van der Waals surface area (Å²) in [5.41, 5.74) is 0.994. The maximum absolute atomic E-state index is 12.4. The van der Waals surface area contributed by atoms with Crippen LogP contribution in [0.25, 0.3) is 17.4 Å². The quantitative estimate of drug-likeness (QED) is 0.609. The summed E-state index contributed by atoms with van der Waals surface area (Å²) in [5, 5.41) is 9.98. The molecule has 24 heavy (non-hydrogen) atoms. The number of nitrogens with zero attached hydrogens (tertiary/aromatic N) is 2. The zero-order chi connectivity index (χ0) is 16.9. The third kappa shape index (κ3) is 3.69. The lowest BCUT2D eigenvalue weighted by Gasteiger charge is -2.26. The van der Waals surface area contributed by atoms with E-state index in [1.807, 2.05) is 24.3 Å². The van der Waals surface area contributed by atoms with Crippen molar-refractivity contribution in [2.24, 2.45) is 0 Å². The molecule has 1 aliphatic rings. The Morgan fingerprint density at radius 1 is 1.12 bits per heavy atom. The molecule has 1 amide bonds. The Morgan fingerprint density at radius 2 is 1.83 bits per heavy atom. The highest BCUT2D eigenvalue weighted by atomic mass is 35.5. The van der Waals surface area contributed by atoms with Crippen LogP contribution in [0.2, 0.25) is 5.02 Å². The van der Waals surface area contributed by atoms with Gasteiger partial charge < -0.3 is 9.32 Å². The first-order chi connectivity index (χ1) is 11.7. The maximum atomic E-state index is 12.4. The lowest BCUT2D eigenvalue weighted by Crippen LogP contribution is -2.36. The van der Waals surface area contributed by atoms with Gasteiger partial charge in [0.2, 0.25) is 0 Å². The number of rotatable bonds is 3. The minimum Gasteiger partial charge on any atom is -0.457 e. The lowest BCUT2D eigenvalue weighted by atomic mass is 10.1. The molecule has 2 heterocycles. The minimum atomic E-state index is -0.221. The molecular formula is C19H17ClN2O2. The molecule has 0 N–H and O–H groups in total. The third-order valence-corrected chi connectivity index (χ3v) is 4.29. The van der Waals surface area contributed by atoms with Crippen LogP contribution in [0.3, 0.4) is 0 Å². The molecule has 1 saturated heterocycles. The van der Waals surface area contributed by atoms with Crippen molar-refractivity contribution >= 4 is 23.6 Å². The average Bonchev–Trinajstić information content (AvgIpc) is 3.09. The van der Waals surface area contributed by atoms with Crippen molar-refractivity contribution in [3.8, 4) is 17.4 Å². The first-order valence-corrected chi connectivity index (χ1v) is 8.32. The maximum Gasteiger partial charge on any atom is 0.264 e. The van der Waals surface area contributed by atoms with E-state index in [2.05, 4.69) is 0 Å². The molecule has 122 valence electrons. The number of hydrogen-bond acceptors (Lipinski definition) is 3. The number of piperidine rings is 1. The van der Waals surface area contributed by atoms with E-state index in [9.17, 15) is 10.1 Å². The molecule has 0 radical (unpaired) electrons. The normalized spacial score (nSPS) is 15.2. The van der Waals surface area contributed by atoms with Crippen LogP contribution in [0.5, 0.6) is 0 Å². The van der Waals surface area contributed by atoms with Crippen LogP contribution < -0.4 is 0 Å². The second-order valence-electron chi connectivity index (χ2n) is 5.73. The minimum absolute atomic E-state index is 0.105. The molecule has 4 nitrogen and oxygen atoms in total. The zero-order valence-electron chi connectivity index (χ0n) is 13.2. The summed E-state index contributed by atoms with van der Waals surface area (Å²) in [6.07, 6.45) is 4.63. The Kier molecular flexibility index (Phi) is 5.02. The lowest BCUT2D eigenvalue weighted by molar-refractivity contribution is -0.127. The topological polar surface area (TPSA) is 57.2 Å². The summed E-state index contributed by atoms with van der Waals surface area (Å²) in [6, 6.07) is 12.9. The molecule has 1 aromatic carbocycles. The van der Waals surface area contributed by atoms with Gasteiger partial charge in [-0.05, 0) is 55.7 Å². The Balaban J connectivity index is 1.80. The molecule has 1 fully saturated rings. The molecule has 0 aliphatic carbocycles. The van der Waals surface area contributed by atoms with E-state index in [0.29, 0.717) is 29.6 Å². The van der Waals surface area contributed by atoms with Crippen LogP contribution in [-0.4, -0.2) is 23.9 Å². The van der Waals surface area contributed by atoms with Crippen molar-refractivity contribution in [3.63, 3.8) is 0 Å². The van der Waals surface area contributed by atoms with Gasteiger partial charge in [-0.3, -0.25) is 4.79 Å². The Morgan fingerprint density at radius 3 is 2.50 bits per heavy atom. The fourth-order valence-electron chi connectivity index (χ4n) is 2.75. The molecule has 0 saturated carbocycles. The molecule has 5 heteroatoms. The first kappa shape index (κ1) is 16.4. The predicted molar refractivity (Wildman–Crippen MR) is 93.2 cm³/mol. The van der Waals surface area contributed by atoms with Gasteiger partial charge in [0.05, 0.1) is 0 Å². The number of furan rings is 1. The third-order valence-electron chi connectivity index (χ3n) is 4.04. The van der Waals surface area contributed by atoms with E-state index in [0.717, 1.165) is 24.8 Å². The largest absolute Gasteiger partial charge is 0.457 e. The predicted octanol–water partition coefficient (Wildman–Crippen LogP) is 4.52. The molecule has 0 unspecified atom stereocenters. The second kappa shape index (κ2) is 7.37. The monoisotopic (exact) mass is 340 g/mol. The molecule has 1 aliphatic heterocycles. The van der Waals surface area contributed by atoms with Crippen molar-refractivity contribution in [2.45, 2.75) is 19.3 Å². The van der Waals surface area contributed by atoms with Gasteiger partial charge in [0, 0.05) is 29.8 Å². The zero-order valence-corrected chi connectivity index (χ0v) is 13.9. The Labute approximate surface area is 145 Å². The summed E-state index contributed by atoms with van der Waals surface area (Å²) in [7, 11) is 0. The van der Waals surface area contributed by atoms with E-state index in [1.54, 1.807) is 23.1 Å². The standard InChI is InChI=1S/C19H17ClN2O2/c20-16-6-4-14(5-7-16)18-9-8-17(24-18)12-15(13-21)19(23)22-10-2-1-3-11-22/h4-9,12H,1-3,10-11H2. The SMILES string of the molecule is N#CC(=Cc1ccc(-c2ccc(Cl)cc2)o1)C(=O)N1CCCCC1. The van der Waals surface area contributed by atoms with Crippen LogP contribution in [0.1, 0.15) is 25.0 Å². The van der Waals surface area contributed by atoms with Crippen LogP contribution in [-0.2, 0) is 4.79 Å². The van der Waals surface area contributed by atoms with Crippen molar-refractivity contribution in [1.29, 1.82) is 5.26 Å². The van der Waals surface area contributed by atoms with Crippen LogP contribution in [0, 0.1) is 11.3 Å². The van der Waals surface area contributed by atoms with Crippen LogP contribution >= 0.6 is 11.6 Å². The molecule has 3 rings (SSSR count). The summed E-state index contributed by atoms with van der Waals surface area (Å²) in [6.45, 7) is 1.43. The number of halogens is 1. The molecule has 2 aromatic rings. The number of amides is 1. The van der Waals surface area contributed by atoms with E-state index >= 15 is 0 Å². The number of benzene rings is 1. The van der Waals surface area contributed by atoms with Crippen molar-refractivity contribution in [2.75, 3.05) is 13.1 Å². The van der Waals surface area contributed by atoms with E-state index in [-0.39, 0.29) is 11.5 Å². The van der Waals surface area contributed by atoms with Gasteiger partial charge in [0.15, 0.2) is 0 Å². The fraction of sp³-hybridized carbons (Fsp3) is 0.263. The van der Waals surface area contributed by atoms with Crippen molar-refractivity contribution in [1.82, 2.24) is 4.90 Å². The Bertz CT molecular complexity index is 794. The van der Waals surface area contributed by atoms with E-state index in [4.69, 9.17) is 16.0 Å². The van der Waals surface area contributed by atoms with Gasteiger partial charge in [0.1, 0.15) is 23.2 Å². The second-order valence-corrected chi connectivity index (χ2v) is 6.17. The molecular weight excluding hydrogens is 324 g/mol. The van der Waals surface area contributed by atoms with Crippen molar-refractivity contribution in [3.05, 3.63) is 52.8 Å².